The summed E-state index contributed by atoms with van der Waals surface area (Å²) >= 11 is 0. The number of ether oxygens (including phenoxy) is 1. The van der Waals surface area contributed by atoms with Crippen LogP contribution in [0.15, 0.2) is 15.8 Å². The van der Waals surface area contributed by atoms with Crippen molar-refractivity contribution in [2.24, 2.45) is 0 Å². The number of aromatic carboxylic acids is 1. The monoisotopic (exact) mass is 237 g/mol. The highest BCUT2D eigenvalue weighted by molar-refractivity contribution is 5.91. The number of H-pyrrole nitrogens is 2. The van der Waals surface area contributed by atoms with Gasteiger partial charge in [-0.15, -0.1) is 0 Å². The lowest BCUT2D eigenvalue weighted by molar-refractivity contribution is 0.0695. The number of hydrogen-bond donors (Lipinski definition) is 3. The fourth-order valence-corrected chi connectivity index (χ4v) is 1.36. The number of methoxy groups -OCH3 is 1. The van der Waals surface area contributed by atoms with Crippen molar-refractivity contribution >= 4 is 17.0 Å². The van der Waals surface area contributed by atoms with E-state index in [0.29, 0.717) is 0 Å². The highest BCUT2D eigenvalue weighted by Gasteiger charge is 2.15. The summed E-state index contributed by atoms with van der Waals surface area (Å²) in [6.07, 6.45) is 0.985. The predicted molar refractivity (Wildman–Crippen MR) is 56.5 cm³/mol. The number of nitrogens with zero attached hydrogens (tertiary/aromatic N) is 1. The zero-order valence-corrected chi connectivity index (χ0v) is 8.60. The molecule has 0 spiro atoms. The number of carboxylic acid groups (broad SMARTS) is 1. The standard InChI is InChI=1S/C9H7N3O5/c1-17-9-11-6-4(7(14)12-9)5(13)3(2-10-6)8(15)16/h2H,1H3,(H,15,16)(H2,10,11,12,13,14). The van der Waals surface area contributed by atoms with E-state index in [1.54, 1.807) is 0 Å². The molecule has 0 bridgehead atoms. The Balaban J connectivity index is 2.93. The number of aromatic nitrogens is 3. The zero-order chi connectivity index (χ0) is 12.6. The normalized spacial score (nSPS) is 10.4. The molecule has 0 aliphatic carbocycles. The van der Waals surface area contributed by atoms with E-state index in [1.807, 2.05) is 0 Å². The Bertz CT molecular complexity index is 715. The van der Waals surface area contributed by atoms with Gasteiger partial charge in [0.1, 0.15) is 10.9 Å². The van der Waals surface area contributed by atoms with Crippen molar-refractivity contribution in [2.75, 3.05) is 7.11 Å². The van der Waals surface area contributed by atoms with E-state index in [9.17, 15) is 14.4 Å². The van der Waals surface area contributed by atoms with Crippen molar-refractivity contribution < 1.29 is 14.6 Å². The molecule has 3 N–H and O–H groups in total. The van der Waals surface area contributed by atoms with Gasteiger partial charge in [-0.3, -0.25) is 14.6 Å². The third-order valence-corrected chi connectivity index (χ3v) is 2.15. The molecule has 88 valence electrons. The van der Waals surface area contributed by atoms with Crippen LogP contribution in [-0.4, -0.2) is 33.1 Å². The summed E-state index contributed by atoms with van der Waals surface area (Å²) in [7, 11) is 1.30. The van der Waals surface area contributed by atoms with Gasteiger partial charge in [-0.2, -0.15) is 4.98 Å². The summed E-state index contributed by atoms with van der Waals surface area (Å²) in [5.41, 5.74) is -2.19. The van der Waals surface area contributed by atoms with Crippen molar-refractivity contribution in [3.63, 3.8) is 0 Å². The molecule has 0 unspecified atom stereocenters. The van der Waals surface area contributed by atoms with Gasteiger partial charge in [0, 0.05) is 6.20 Å². The van der Waals surface area contributed by atoms with Crippen molar-refractivity contribution in [3.8, 4) is 6.01 Å². The molecule has 0 aliphatic rings. The molecule has 2 rings (SSSR count). The molecule has 0 atom stereocenters. The molecular formula is C9H7N3O5. The number of carbonyl (C=O) groups is 1. The Morgan fingerprint density at radius 1 is 1.47 bits per heavy atom. The highest BCUT2D eigenvalue weighted by atomic mass is 16.5. The second kappa shape index (κ2) is 3.74. The first-order chi connectivity index (χ1) is 8.04. The van der Waals surface area contributed by atoms with Crippen LogP contribution in [-0.2, 0) is 0 Å². The summed E-state index contributed by atoms with van der Waals surface area (Å²) in [6, 6.07) is -0.0683. The molecule has 0 radical (unpaired) electrons. The third kappa shape index (κ3) is 1.65. The first-order valence-electron chi connectivity index (χ1n) is 4.47. The molecular weight excluding hydrogens is 230 g/mol. The molecule has 2 aromatic heterocycles. The zero-order valence-electron chi connectivity index (χ0n) is 8.60. The van der Waals surface area contributed by atoms with Gasteiger partial charge in [0.2, 0.25) is 5.43 Å². The van der Waals surface area contributed by atoms with E-state index in [-0.39, 0.29) is 17.0 Å². The Morgan fingerprint density at radius 2 is 2.18 bits per heavy atom. The molecule has 17 heavy (non-hydrogen) atoms. The lowest BCUT2D eigenvalue weighted by atomic mass is 10.2. The van der Waals surface area contributed by atoms with Crippen LogP contribution in [0, 0.1) is 0 Å². The molecule has 2 aromatic rings. The molecule has 0 aromatic carbocycles. The summed E-state index contributed by atoms with van der Waals surface area (Å²) in [4.78, 5) is 42.4. The number of nitrogens with one attached hydrogen (secondary N) is 2. The Morgan fingerprint density at radius 3 is 2.76 bits per heavy atom. The Labute approximate surface area is 92.9 Å². The smallest absolute Gasteiger partial charge is 0.341 e. The molecule has 8 heteroatoms. The average molecular weight is 237 g/mol. The van der Waals surface area contributed by atoms with Crippen LogP contribution in [0.5, 0.6) is 6.01 Å². The average Bonchev–Trinajstić information content (AvgIpc) is 2.28. The fourth-order valence-electron chi connectivity index (χ4n) is 1.36. The van der Waals surface area contributed by atoms with Crippen molar-refractivity contribution in [2.45, 2.75) is 0 Å². The molecule has 0 saturated heterocycles. The second-order valence-corrected chi connectivity index (χ2v) is 3.14. The predicted octanol–water partition coefficient (Wildman–Crippen LogP) is -0.682. The van der Waals surface area contributed by atoms with E-state index in [1.165, 1.54) is 7.11 Å². The maximum Gasteiger partial charge on any atom is 0.341 e. The third-order valence-electron chi connectivity index (χ3n) is 2.15. The summed E-state index contributed by atoms with van der Waals surface area (Å²) in [6.45, 7) is 0. The van der Waals surface area contributed by atoms with Gasteiger partial charge in [-0.05, 0) is 0 Å². The van der Waals surface area contributed by atoms with Gasteiger partial charge in [0.05, 0.1) is 7.11 Å². The lowest BCUT2D eigenvalue weighted by Crippen LogP contribution is -2.23. The number of carboxylic acids is 1. The molecule has 0 fully saturated rings. The Kier molecular flexibility index (Phi) is 2.39. The lowest BCUT2D eigenvalue weighted by Gasteiger charge is -2.01. The van der Waals surface area contributed by atoms with Gasteiger partial charge in [0.15, 0.2) is 5.65 Å². The van der Waals surface area contributed by atoms with Crippen molar-refractivity contribution in [3.05, 3.63) is 32.3 Å². The van der Waals surface area contributed by atoms with Crippen LogP contribution >= 0.6 is 0 Å². The molecule has 8 nitrogen and oxygen atoms in total. The maximum absolute atomic E-state index is 11.7. The SMILES string of the molecule is COc1nc2[nH]cc(C(=O)O)c(=O)c2c(=O)[nH]1. The van der Waals surface area contributed by atoms with E-state index in [2.05, 4.69) is 15.0 Å². The topological polar surface area (TPSA) is 125 Å². The van der Waals surface area contributed by atoms with Crippen LogP contribution in [0.4, 0.5) is 0 Å². The van der Waals surface area contributed by atoms with Crippen LogP contribution in [0.3, 0.4) is 0 Å². The van der Waals surface area contributed by atoms with E-state index in [4.69, 9.17) is 9.84 Å². The number of rotatable bonds is 2. The minimum atomic E-state index is -1.41. The van der Waals surface area contributed by atoms with Gasteiger partial charge >= 0.3 is 5.97 Å². The van der Waals surface area contributed by atoms with Crippen LogP contribution in [0.2, 0.25) is 0 Å². The van der Waals surface area contributed by atoms with Crippen molar-refractivity contribution in [1.82, 2.24) is 15.0 Å². The molecule has 0 amide bonds. The number of aromatic amines is 2. The summed E-state index contributed by atoms with van der Waals surface area (Å²) in [5.74, 6) is -1.41. The first-order valence-corrected chi connectivity index (χ1v) is 4.47. The number of fused-ring (bicyclic) bond motifs is 1. The van der Waals surface area contributed by atoms with Gasteiger partial charge in [-0.1, -0.05) is 0 Å². The maximum atomic E-state index is 11.7. The molecule has 0 aliphatic heterocycles. The fraction of sp³-hybridized carbons (Fsp3) is 0.111. The number of pyridine rings is 1. The van der Waals surface area contributed by atoms with Gasteiger partial charge < -0.3 is 14.8 Å². The van der Waals surface area contributed by atoms with E-state index in [0.717, 1.165) is 6.20 Å². The van der Waals surface area contributed by atoms with E-state index < -0.39 is 22.5 Å². The van der Waals surface area contributed by atoms with Crippen LogP contribution in [0.25, 0.3) is 11.0 Å². The van der Waals surface area contributed by atoms with Crippen LogP contribution < -0.4 is 15.7 Å². The second-order valence-electron chi connectivity index (χ2n) is 3.14. The van der Waals surface area contributed by atoms with Crippen molar-refractivity contribution in [1.29, 1.82) is 0 Å². The number of hydrogen-bond acceptors (Lipinski definition) is 5. The van der Waals surface area contributed by atoms with Crippen LogP contribution in [0.1, 0.15) is 10.4 Å². The summed E-state index contributed by atoms with van der Waals surface area (Å²) in [5, 5.41) is 8.40. The molecule has 2 heterocycles. The first kappa shape index (κ1) is 10.9. The van der Waals surface area contributed by atoms with Gasteiger partial charge in [-0.25, -0.2) is 4.79 Å². The molecule has 0 saturated carbocycles. The quantitative estimate of drug-likeness (QED) is 0.635. The largest absolute Gasteiger partial charge is 0.477 e. The minimum Gasteiger partial charge on any atom is -0.477 e. The van der Waals surface area contributed by atoms with Gasteiger partial charge in [0.25, 0.3) is 11.6 Å². The summed E-state index contributed by atoms with van der Waals surface area (Å²) < 4.78 is 4.72. The highest BCUT2D eigenvalue weighted by Crippen LogP contribution is 2.04. The van der Waals surface area contributed by atoms with E-state index >= 15 is 0 Å². The Hall–Kier alpha value is -2.64. The minimum absolute atomic E-state index is 0.0272.